The Hall–Kier alpha value is -0.750. The predicted octanol–water partition coefficient (Wildman–Crippen LogP) is -0.220. The van der Waals surface area contributed by atoms with E-state index in [1.807, 2.05) is 0 Å². The van der Waals surface area contributed by atoms with E-state index in [1.54, 1.807) is 0 Å². The van der Waals surface area contributed by atoms with Crippen molar-refractivity contribution in [1.82, 2.24) is 5.32 Å². The van der Waals surface area contributed by atoms with Crippen LogP contribution in [0.5, 0.6) is 0 Å². The average molecular weight is 235 g/mol. The average Bonchev–Trinajstić information content (AvgIpc) is 2.21. The molecule has 0 heterocycles. The summed E-state index contributed by atoms with van der Waals surface area (Å²) in [6, 6.07) is -0.601. The van der Waals surface area contributed by atoms with Crippen LogP contribution in [0.15, 0.2) is 0 Å². The smallest absolute Gasteiger partial charge is 0.329 e. The Bertz CT molecular complexity index is 210. The fourth-order valence-electron chi connectivity index (χ4n) is 0.924. The second-order valence-corrected chi connectivity index (χ2v) is 4.08. The lowest BCUT2D eigenvalue weighted by Crippen LogP contribution is -2.42. The summed E-state index contributed by atoms with van der Waals surface area (Å²) < 4.78 is 4.55. The molecule has 0 aliphatic rings. The number of aliphatic hydroxyl groups is 1. The monoisotopic (exact) mass is 235 g/mol. The van der Waals surface area contributed by atoms with Crippen LogP contribution in [-0.2, 0) is 14.3 Å². The molecular formula is C9H17NO4S. The number of methoxy groups -OCH3 is 1. The number of carbonyl (C=O) groups is 2. The SMILES string of the molecule is COC(=O)C(CSCCCO)NC(C)=O. The molecule has 0 saturated heterocycles. The van der Waals surface area contributed by atoms with Gasteiger partial charge in [0.15, 0.2) is 0 Å². The van der Waals surface area contributed by atoms with Crippen molar-refractivity contribution in [3.05, 3.63) is 0 Å². The molecule has 15 heavy (non-hydrogen) atoms. The van der Waals surface area contributed by atoms with Crippen molar-refractivity contribution in [1.29, 1.82) is 0 Å². The number of hydrogen-bond donors (Lipinski definition) is 2. The molecular weight excluding hydrogens is 218 g/mol. The number of rotatable bonds is 7. The molecule has 0 spiro atoms. The molecule has 0 aromatic rings. The predicted molar refractivity (Wildman–Crippen MR) is 58.6 cm³/mol. The largest absolute Gasteiger partial charge is 0.467 e. The molecule has 0 radical (unpaired) electrons. The van der Waals surface area contributed by atoms with Crippen LogP contribution in [0.3, 0.4) is 0 Å². The van der Waals surface area contributed by atoms with E-state index >= 15 is 0 Å². The van der Waals surface area contributed by atoms with Gasteiger partial charge in [0.25, 0.3) is 0 Å². The Balaban J connectivity index is 3.90. The molecule has 6 heteroatoms. The van der Waals surface area contributed by atoms with Crippen molar-refractivity contribution in [3.63, 3.8) is 0 Å². The van der Waals surface area contributed by atoms with Gasteiger partial charge in [-0.15, -0.1) is 0 Å². The van der Waals surface area contributed by atoms with Gasteiger partial charge in [-0.1, -0.05) is 0 Å². The maximum atomic E-state index is 11.2. The normalized spacial score (nSPS) is 11.9. The van der Waals surface area contributed by atoms with Crippen LogP contribution in [-0.4, -0.2) is 48.2 Å². The molecule has 2 N–H and O–H groups in total. The highest BCUT2D eigenvalue weighted by molar-refractivity contribution is 7.99. The van der Waals surface area contributed by atoms with Gasteiger partial charge in [-0.25, -0.2) is 4.79 Å². The van der Waals surface area contributed by atoms with Gasteiger partial charge in [-0.3, -0.25) is 4.79 Å². The lowest BCUT2D eigenvalue weighted by Gasteiger charge is -2.14. The van der Waals surface area contributed by atoms with Crippen LogP contribution in [0.2, 0.25) is 0 Å². The fourth-order valence-corrected chi connectivity index (χ4v) is 1.88. The first-order chi connectivity index (χ1) is 7.11. The maximum absolute atomic E-state index is 11.2. The second-order valence-electron chi connectivity index (χ2n) is 2.93. The Morgan fingerprint density at radius 2 is 2.20 bits per heavy atom. The van der Waals surface area contributed by atoms with E-state index in [0.717, 1.165) is 5.75 Å². The molecule has 0 aromatic carbocycles. The molecule has 0 saturated carbocycles. The lowest BCUT2D eigenvalue weighted by molar-refractivity contribution is -0.144. The fraction of sp³-hybridized carbons (Fsp3) is 0.778. The zero-order chi connectivity index (χ0) is 11.7. The van der Waals surface area contributed by atoms with Crippen molar-refractivity contribution >= 4 is 23.6 Å². The van der Waals surface area contributed by atoms with E-state index in [2.05, 4.69) is 10.1 Å². The summed E-state index contributed by atoms with van der Waals surface area (Å²) in [4.78, 5) is 22.0. The molecule has 0 aliphatic carbocycles. The number of amides is 1. The minimum Gasteiger partial charge on any atom is -0.467 e. The van der Waals surface area contributed by atoms with E-state index in [1.165, 1.54) is 25.8 Å². The number of thioether (sulfide) groups is 1. The molecule has 0 bridgehead atoms. The summed E-state index contributed by atoms with van der Waals surface area (Å²) in [6.45, 7) is 1.49. The minimum absolute atomic E-state index is 0.135. The number of aliphatic hydroxyl groups excluding tert-OH is 1. The van der Waals surface area contributed by atoms with Crippen LogP contribution in [0.1, 0.15) is 13.3 Å². The first-order valence-corrected chi connectivity index (χ1v) is 5.80. The van der Waals surface area contributed by atoms with Gasteiger partial charge in [0, 0.05) is 19.3 Å². The van der Waals surface area contributed by atoms with Gasteiger partial charge in [-0.2, -0.15) is 11.8 Å². The highest BCUT2D eigenvalue weighted by Gasteiger charge is 2.19. The van der Waals surface area contributed by atoms with Gasteiger partial charge in [0.05, 0.1) is 7.11 Å². The molecule has 0 rings (SSSR count). The summed E-state index contributed by atoms with van der Waals surface area (Å²) in [5, 5.41) is 11.1. The third kappa shape index (κ3) is 7.21. The minimum atomic E-state index is -0.601. The van der Waals surface area contributed by atoms with Crippen molar-refractivity contribution in [2.75, 3.05) is 25.2 Å². The van der Waals surface area contributed by atoms with Crippen LogP contribution >= 0.6 is 11.8 Å². The summed E-state index contributed by atoms with van der Waals surface area (Å²) >= 11 is 1.50. The van der Waals surface area contributed by atoms with E-state index in [4.69, 9.17) is 5.11 Å². The van der Waals surface area contributed by atoms with E-state index in [-0.39, 0.29) is 12.5 Å². The van der Waals surface area contributed by atoms with Crippen molar-refractivity contribution in [2.45, 2.75) is 19.4 Å². The molecule has 0 aliphatic heterocycles. The Labute approximate surface area is 93.6 Å². The Kier molecular flexibility index (Phi) is 8.12. The first kappa shape index (κ1) is 14.2. The van der Waals surface area contributed by atoms with Crippen LogP contribution in [0.4, 0.5) is 0 Å². The number of carbonyl (C=O) groups excluding carboxylic acids is 2. The molecule has 0 aromatic heterocycles. The molecule has 5 nitrogen and oxygen atoms in total. The molecule has 1 amide bonds. The van der Waals surface area contributed by atoms with E-state index < -0.39 is 12.0 Å². The lowest BCUT2D eigenvalue weighted by atomic mass is 10.3. The third-order valence-corrected chi connectivity index (χ3v) is 2.74. The van der Waals surface area contributed by atoms with Gasteiger partial charge >= 0.3 is 5.97 Å². The maximum Gasteiger partial charge on any atom is 0.329 e. The van der Waals surface area contributed by atoms with Crippen LogP contribution in [0, 0.1) is 0 Å². The molecule has 1 unspecified atom stereocenters. The number of nitrogens with one attached hydrogen (secondary N) is 1. The standard InChI is InChI=1S/C9H17NO4S/c1-7(12)10-8(9(13)14-2)6-15-5-3-4-11/h8,11H,3-6H2,1-2H3,(H,10,12). The summed E-state index contributed by atoms with van der Waals surface area (Å²) in [7, 11) is 1.29. The van der Waals surface area contributed by atoms with Crippen molar-refractivity contribution in [2.24, 2.45) is 0 Å². The highest BCUT2D eigenvalue weighted by atomic mass is 32.2. The van der Waals surface area contributed by atoms with Gasteiger partial charge < -0.3 is 15.2 Å². The summed E-state index contributed by atoms with van der Waals surface area (Å²) in [5.41, 5.74) is 0. The van der Waals surface area contributed by atoms with E-state index in [9.17, 15) is 9.59 Å². The van der Waals surface area contributed by atoms with Gasteiger partial charge in [0.2, 0.25) is 5.91 Å². The topological polar surface area (TPSA) is 75.6 Å². The number of ether oxygens (including phenoxy) is 1. The molecule has 0 fully saturated rings. The van der Waals surface area contributed by atoms with E-state index in [0.29, 0.717) is 12.2 Å². The number of hydrogen-bond acceptors (Lipinski definition) is 5. The highest BCUT2D eigenvalue weighted by Crippen LogP contribution is 2.05. The molecule has 1 atom stereocenters. The van der Waals surface area contributed by atoms with Crippen LogP contribution < -0.4 is 5.32 Å². The number of esters is 1. The quantitative estimate of drug-likeness (QED) is 0.471. The summed E-state index contributed by atoms with van der Waals surface area (Å²) in [6.07, 6.45) is 0.679. The van der Waals surface area contributed by atoms with Crippen LogP contribution in [0.25, 0.3) is 0 Å². The van der Waals surface area contributed by atoms with Gasteiger partial charge in [0.1, 0.15) is 6.04 Å². The van der Waals surface area contributed by atoms with Crippen molar-refractivity contribution in [3.8, 4) is 0 Å². The zero-order valence-corrected chi connectivity index (χ0v) is 9.80. The Morgan fingerprint density at radius 3 is 2.67 bits per heavy atom. The third-order valence-electron chi connectivity index (χ3n) is 1.59. The second kappa shape index (κ2) is 8.55. The first-order valence-electron chi connectivity index (χ1n) is 4.65. The van der Waals surface area contributed by atoms with Crippen molar-refractivity contribution < 1.29 is 19.4 Å². The van der Waals surface area contributed by atoms with Gasteiger partial charge in [-0.05, 0) is 12.2 Å². The zero-order valence-electron chi connectivity index (χ0n) is 8.99. The molecule has 88 valence electrons. The Morgan fingerprint density at radius 1 is 1.53 bits per heavy atom. The summed E-state index contributed by atoms with van der Waals surface area (Å²) in [5.74, 6) is 0.519.